The van der Waals surface area contributed by atoms with Crippen molar-refractivity contribution in [3.8, 4) is 0 Å². The molecule has 1 unspecified atom stereocenters. The molecule has 0 N–H and O–H groups in total. The molecule has 0 spiro atoms. The Bertz CT molecular complexity index is 675. The van der Waals surface area contributed by atoms with Gasteiger partial charge < -0.3 is 9.47 Å². The van der Waals surface area contributed by atoms with E-state index in [4.69, 9.17) is 21.7 Å². The van der Waals surface area contributed by atoms with E-state index in [0.717, 1.165) is 17.5 Å². The predicted octanol–water partition coefficient (Wildman–Crippen LogP) is 2.81. The molecular formula is C15H19N3O3S2. The molecule has 1 atom stereocenters. The minimum atomic E-state index is -0.302. The molecule has 23 heavy (non-hydrogen) atoms. The number of fused-ring (bicyclic) bond motifs is 1. The van der Waals surface area contributed by atoms with Crippen molar-refractivity contribution in [3.05, 3.63) is 24.3 Å². The van der Waals surface area contributed by atoms with Crippen LogP contribution >= 0.6 is 24.0 Å². The fraction of sp³-hybridized carbons (Fsp3) is 0.467. The maximum Gasteiger partial charge on any atom is 0.302 e. The van der Waals surface area contributed by atoms with Gasteiger partial charge in [0.2, 0.25) is 4.38 Å². The van der Waals surface area contributed by atoms with E-state index in [1.807, 2.05) is 35.9 Å². The number of hydrogen-bond donors (Lipinski definition) is 0. The molecule has 6 nitrogen and oxygen atoms in total. The first-order chi connectivity index (χ1) is 11.1. The molecule has 0 radical (unpaired) electrons. The van der Waals surface area contributed by atoms with Crippen molar-refractivity contribution in [2.75, 3.05) is 13.2 Å². The first kappa shape index (κ1) is 17.7. The fourth-order valence-electron chi connectivity index (χ4n) is 2.02. The van der Waals surface area contributed by atoms with Gasteiger partial charge in [0.25, 0.3) is 0 Å². The average molecular weight is 353 g/mol. The van der Waals surface area contributed by atoms with Gasteiger partial charge in [-0.3, -0.25) is 4.79 Å². The highest BCUT2D eigenvalue weighted by atomic mass is 32.2. The topological polar surface area (TPSA) is 66.2 Å². The molecule has 0 saturated heterocycles. The maximum absolute atomic E-state index is 11.0. The van der Waals surface area contributed by atoms with Crippen LogP contribution in [0.2, 0.25) is 0 Å². The highest BCUT2D eigenvalue weighted by Gasteiger charge is 2.16. The zero-order valence-corrected chi connectivity index (χ0v) is 14.7. The number of para-hydroxylation sites is 1. The van der Waals surface area contributed by atoms with Gasteiger partial charge in [0.15, 0.2) is 0 Å². The lowest BCUT2D eigenvalue weighted by Gasteiger charge is -2.16. The van der Waals surface area contributed by atoms with E-state index in [1.54, 1.807) is 0 Å². The summed E-state index contributed by atoms with van der Waals surface area (Å²) in [6, 6.07) is 7.79. The van der Waals surface area contributed by atoms with Gasteiger partial charge >= 0.3 is 5.97 Å². The van der Waals surface area contributed by atoms with Crippen molar-refractivity contribution in [2.45, 2.75) is 32.1 Å². The Morgan fingerprint density at radius 1 is 1.39 bits per heavy atom. The number of aryl methyl sites for hydroxylation is 1. The van der Waals surface area contributed by atoms with E-state index < -0.39 is 0 Å². The number of thiocarbonyl (C=S) groups is 1. The van der Waals surface area contributed by atoms with Gasteiger partial charge in [0.1, 0.15) is 12.1 Å². The first-order valence-electron chi connectivity index (χ1n) is 7.35. The molecule has 0 bridgehead atoms. The van der Waals surface area contributed by atoms with Gasteiger partial charge in [-0.25, -0.2) is 4.68 Å². The Hall–Kier alpha value is -1.67. The molecule has 0 amide bonds. The molecule has 2 rings (SSSR count). The molecule has 0 saturated carbocycles. The number of aromatic nitrogens is 3. The number of esters is 1. The summed E-state index contributed by atoms with van der Waals surface area (Å²) in [5, 5.41) is 8.31. The van der Waals surface area contributed by atoms with E-state index >= 15 is 0 Å². The molecule has 2 aromatic rings. The predicted molar refractivity (Wildman–Crippen MR) is 94.4 cm³/mol. The summed E-state index contributed by atoms with van der Waals surface area (Å²) >= 11 is 6.58. The van der Waals surface area contributed by atoms with Gasteiger partial charge in [-0.2, -0.15) is 0 Å². The van der Waals surface area contributed by atoms with Crippen LogP contribution in [0.3, 0.4) is 0 Å². The second-order valence-corrected chi connectivity index (χ2v) is 6.72. The van der Waals surface area contributed by atoms with Crippen LogP contribution in [-0.4, -0.2) is 43.8 Å². The van der Waals surface area contributed by atoms with Crippen molar-refractivity contribution < 1.29 is 14.3 Å². The van der Waals surface area contributed by atoms with Crippen LogP contribution in [0.25, 0.3) is 11.0 Å². The Balaban J connectivity index is 1.98. The van der Waals surface area contributed by atoms with Crippen LogP contribution in [0.1, 0.15) is 20.3 Å². The molecule has 0 aliphatic heterocycles. The van der Waals surface area contributed by atoms with E-state index in [-0.39, 0.29) is 11.2 Å². The van der Waals surface area contributed by atoms with Crippen LogP contribution in [0.4, 0.5) is 0 Å². The van der Waals surface area contributed by atoms with E-state index in [0.29, 0.717) is 24.1 Å². The summed E-state index contributed by atoms with van der Waals surface area (Å²) in [5.41, 5.74) is 1.85. The summed E-state index contributed by atoms with van der Waals surface area (Å²) in [7, 11) is 0. The summed E-state index contributed by atoms with van der Waals surface area (Å²) in [6.45, 7) is 4.76. The fourth-order valence-corrected chi connectivity index (χ4v) is 3.37. The lowest BCUT2D eigenvalue weighted by molar-refractivity contribution is -0.140. The molecule has 124 valence electrons. The Morgan fingerprint density at radius 3 is 2.91 bits per heavy atom. The standard InChI is InChI=1S/C15H19N3O3S2/c1-3-20-15(22)23-12(10-21-11(2)19)8-9-18-14-7-5-4-6-13(14)16-17-18/h4-7,12H,3,8-10H2,1-2H3. The van der Waals surface area contributed by atoms with Crippen LogP contribution in [0.15, 0.2) is 24.3 Å². The number of carbonyl (C=O) groups is 1. The number of nitrogens with zero attached hydrogens (tertiary/aromatic N) is 3. The molecule has 0 fully saturated rings. The van der Waals surface area contributed by atoms with Gasteiger partial charge in [-0.15, -0.1) is 5.10 Å². The zero-order valence-electron chi connectivity index (χ0n) is 13.1. The number of benzene rings is 1. The smallest absolute Gasteiger partial charge is 0.302 e. The van der Waals surface area contributed by atoms with E-state index in [9.17, 15) is 4.79 Å². The number of thioether (sulfide) groups is 1. The third-order valence-electron chi connectivity index (χ3n) is 3.08. The SMILES string of the molecule is CCOC(=S)SC(CCn1nnc2ccccc21)COC(C)=O. The van der Waals surface area contributed by atoms with Crippen LogP contribution < -0.4 is 0 Å². The Morgan fingerprint density at radius 2 is 2.17 bits per heavy atom. The van der Waals surface area contributed by atoms with Crippen LogP contribution in [0, 0.1) is 0 Å². The second-order valence-electron chi connectivity index (χ2n) is 4.82. The summed E-state index contributed by atoms with van der Waals surface area (Å²) < 4.78 is 12.7. The van der Waals surface area contributed by atoms with Crippen molar-refractivity contribution in [2.24, 2.45) is 0 Å². The van der Waals surface area contributed by atoms with Crippen molar-refractivity contribution in [1.82, 2.24) is 15.0 Å². The lowest BCUT2D eigenvalue weighted by Crippen LogP contribution is -2.19. The highest BCUT2D eigenvalue weighted by Crippen LogP contribution is 2.20. The van der Waals surface area contributed by atoms with Crippen LogP contribution in [-0.2, 0) is 20.8 Å². The Kier molecular flexibility index (Phi) is 6.79. The summed E-state index contributed by atoms with van der Waals surface area (Å²) in [4.78, 5) is 11.0. The van der Waals surface area contributed by atoms with Gasteiger partial charge in [0.05, 0.1) is 12.1 Å². The van der Waals surface area contributed by atoms with E-state index in [1.165, 1.54) is 18.7 Å². The molecule has 0 aliphatic carbocycles. The zero-order chi connectivity index (χ0) is 16.7. The first-order valence-corrected chi connectivity index (χ1v) is 8.64. The normalized spacial score (nSPS) is 12.1. The monoisotopic (exact) mass is 353 g/mol. The molecule has 1 aromatic heterocycles. The van der Waals surface area contributed by atoms with Gasteiger partial charge in [-0.05, 0) is 37.7 Å². The largest absolute Gasteiger partial charge is 0.479 e. The molecule has 0 aliphatic rings. The Labute approximate surface area is 144 Å². The molecular weight excluding hydrogens is 334 g/mol. The number of carbonyl (C=O) groups excluding carboxylic acids is 1. The van der Waals surface area contributed by atoms with Crippen molar-refractivity contribution >= 4 is 45.4 Å². The minimum Gasteiger partial charge on any atom is -0.479 e. The molecule has 1 aromatic carbocycles. The van der Waals surface area contributed by atoms with E-state index in [2.05, 4.69) is 10.3 Å². The van der Waals surface area contributed by atoms with Crippen LogP contribution in [0.5, 0.6) is 0 Å². The summed E-state index contributed by atoms with van der Waals surface area (Å²) in [6.07, 6.45) is 0.735. The molecule has 8 heteroatoms. The maximum atomic E-state index is 11.0. The number of hydrogen-bond acceptors (Lipinski definition) is 7. The average Bonchev–Trinajstić information content (AvgIpc) is 2.93. The second kappa shape index (κ2) is 8.83. The van der Waals surface area contributed by atoms with Gasteiger partial charge in [0, 0.05) is 18.7 Å². The number of rotatable bonds is 7. The third kappa shape index (κ3) is 5.47. The molecule has 1 heterocycles. The summed E-state index contributed by atoms with van der Waals surface area (Å²) in [5.74, 6) is -0.302. The highest BCUT2D eigenvalue weighted by molar-refractivity contribution is 8.23. The van der Waals surface area contributed by atoms with Crippen molar-refractivity contribution in [3.63, 3.8) is 0 Å². The minimum absolute atomic E-state index is 0.0147. The van der Waals surface area contributed by atoms with Gasteiger partial charge in [-0.1, -0.05) is 29.1 Å². The quantitative estimate of drug-likeness (QED) is 0.560. The third-order valence-corrected chi connectivity index (χ3v) is 4.50. The lowest BCUT2D eigenvalue weighted by atomic mass is 10.3. The van der Waals surface area contributed by atoms with Crippen molar-refractivity contribution in [1.29, 1.82) is 0 Å². The number of ether oxygens (including phenoxy) is 2.